The number of nitrogens with zero attached hydrogens (tertiary/aromatic N) is 1. The Bertz CT molecular complexity index is 671. The Morgan fingerprint density at radius 2 is 1.67 bits per heavy atom. The summed E-state index contributed by atoms with van der Waals surface area (Å²) in [4.78, 5) is 11.8. The van der Waals surface area contributed by atoms with Gasteiger partial charge in [-0.3, -0.25) is 10.2 Å². The first kappa shape index (κ1) is 15.6. The van der Waals surface area contributed by atoms with E-state index in [-0.39, 0.29) is 5.17 Å². The number of carbonyl (C=O) groups is 1. The summed E-state index contributed by atoms with van der Waals surface area (Å²) in [7, 11) is 0. The lowest BCUT2D eigenvalue weighted by Crippen LogP contribution is -2.19. The Kier molecular flexibility index (Phi) is 5.44. The predicted molar refractivity (Wildman–Crippen MR) is 88.4 cm³/mol. The molecule has 7 heteroatoms. The zero-order chi connectivity index (χ0) is 15.2. The van der Waals surface area contributed by atoms with Crippen LogP contribution in [0.1, 0.15) is 0 Å². The first-order chi connectivity index (χ1) is 10.1. The number of hydrazone groups is 1. The minimum Gasteiger partial charge on any atom is -0.318 e. The van der Waals surface area contributed by atoms with Gasteiger partial charge in [0.15, 0.2) is 0 Å². The van der Waals surface area contributed by atoms with Crippen molar-refractivity contribution in [3.63, 3.8) is 0 Å². The molecular weight excluding hydrogens is 333 g/mol. The van der Waals surface area contributed by atoms with Gasteiger partial charge in [0.1, 0.15) is 0 Å². The van der Waals surface area contributed by atoms with Crippen molar-refractivity contribution >= 4 is 57.3 Å². The summed E-state index contributed by atoms with van der Waals surface area (Å²) in [5.41, 5.74) is 3.77. The van der Waals surface area contributed by atoms with Gasteiger partial charge >= 0.3 is 0 Å². The fourth-order valence-electron chi connectivity index (χ4n) is 1.43. The molecule has 0 aliphatic heterocycles. The normalized spacial score (nSPS) is 11.1. The predicted octanol–water partition coefficient (Wildman–Crippen LogP) is 4.60. The van der Waals surface area contributed by atoms with Crippen molar-refractivity contribution in [3.8, 4) is 0 Å². The Morgan fingerprint density at radius 1 is 1.00 bits per heavy atom. The molecule has 0 aliphatic carbocycles. The molecule has 4 nitrogen and oxygen atoms in total. The summed E-state index contributed by atoms with van der Waals surface area (Å²) >= 11 is 17.5. The lowest BCUT2D eigenvalue weighted by molar-refractivity contribution is -0.110. The van der Waals surface area contributed by atoms with E-state index in [0.29, 0.717) is 21.4 Å². The van der Waals surface area contributed by atoms with Crippen LogP contribution in [-0.4, -0.2) is 11.1 Å². The van der Waals surface area contributed by atoms with Crippen molar-refractivity contribution in [3.05, 3.63) is 58.6 Å². The van der Waals surface area contributed by atoms with Crippen LogP contribution in [0, 0.1) is 0 Å². The molecule has 0 heterocycles. The monoisotopic (exact) mass is 341 g/mol. The smallest absolute Gasteiger partial charge is 0.287 e. The highest BCUT2D eigenvalue weighted by atomic mass is 35.5. The number of nitrogens with one attached hydrogen (secondary N) is 2. The second-order valence-corrected chi connectivity index (χ2v) is 5.16. The summed E-state index contributed by atoms with van der Waals surface area (Å²) in [6.07, 6.45) is 0. The Morgan fingerprint density at radius 3 is 2.33 bits per heavy atom. The summed E-state index contributed by atoms with van der Waals surface area (Å²) in [6.45, 7) is 0. The van der Waals surface area contributed by atoms with Crippen LogP contribution in [0.15, 0.2) is 53.6 Å². The van der Waals surface area contributed by atoms with Crippen LogP contribution in [-0.2, 0) is 4.79 Å². The van der Waals surface area contributed by atoms with E-state index < -0.39 is 5.91 Å². The average molecular weight is 343 g/mol. The highest BCUT2D eigenvalue weighted by Gasteiger charge is 2.10. The first-order valence-corrected chi connectivity index (χ1v) is 7.00. The molecule has 0 spiro atoms. The quantitative estimate of drug-likeness (QED) is 0.630. The number of anilines is 2. The van der Waals surface area contributed by atoms with E-state index in [0.717, 1.165) is 0 Å². The molecule has 2 N–H and O–H groups in total. The highest BCUT2D eigenvalue weighted by molar-refractivity contribution is 6.84. The van der Waals surface area contributed by atoms with E-state index in [4.69, 9.17) is 34.8 Å². The molecule has 0 radical (unpaired) electrons. The molecule has 0 atom stereocenters. The minimum absolute atomic E-state index is 0.245. The van der Waals surface area contributed by atoms with E-state index >= 15 is 0 Å². The standard InChI is InChI=1S/C14H10Cl3N3O/c15-9-5-7-10(8-6-9)19-20-13(17)14(21)18-12-4-2-1-3-11(12)16/h1-8,19H,(H,18,21)/b20-13-. The van der Waals surface area contributed by atoms with Crippen molar-refractivity contribution in [2.45, 2.75) is 0 Å². The fraction of sp³-hybridized carbons (Fsp3) is 0. The van der Waals surface area contributed by atoms with Gasteiger partial charge in [0.25, 0.3) is 5.91 Å². The maximum Gasteiger partial charge on any atom is 0.287 e. The second-order valence-electron chi connectivity index (χ2n) is 3.96. The third kappa shape index (κ3) is 4.63. The van der Waals surface area contributed by atoms with Gasteiger partial charge in [0, 0.05) is 5.02 Å². The number of para-hydroxylation sites is 1. The summed E-state index contributed by atoms with van der Waals surface area (Å²) in [5.74, 6) is -0.564. The third-order valence-electron chi connectivity index (χ3n) is 2.44. The molecular formula is C14H10Cl3N3O. The number of rotatable bonds is 4. The van der Waals surface area contributed by atoms with Crippen LogP contribution in [0.3, 0.4) is 0 Å². The van der Waals surface area contributed by atoms with E-state index in [1.54, 1.807) is 48.5 Å². The van der Waals surface area contributed by atoms with Gasteiger partial charge in [-0.25, -0.2) is 0 Å². The van der Waals surface area contributed by atoms with Gasteiger partial charge in [-0.15, -0.1) is 0 Å². The Hall–Kier alpha value is -1.75. The average Bonchev–Trinajstić information content (AvgIpc) is 2.48. The highest BCUT2D eigenvalue weighted by Crippen LogP contribution is 2.20. The van der Waals surface area contributed by atoms with Gasteiger partial charge in [-0.2, -0.15) is 5.10 Å². The van der Waals surface area contributed by atoms with Gasteiger partial charge in [-0.05, 0) is 36.4 Å². The first-order valence-electron chi connectivity index (χ1n) is 5.87. The van der Waals surface area contributed by atoms with E-state index in [1.807, 2.05) is 0 Å². The largest absolute Gasteiger partial charge is 0.318 e. The summed E-state index contributed by atoms with van der Waals surface area (Å²) < 4.78 is 0. The lowest BCUT2D eigenvalue weighted by atomic mass is 10.3. The Labute approximate surface area is 136 Å². The molecule has 108 valence electrons. The number of benzene rings is 2. The molecule has 0 saturated heterocycles. The molecule has 21 heavy (non-hydrogen) atoms. The second kappa shape index (κ2) is 7.31. The molecule has 0 unspecified atom stereocenters. The van der Waals surface area contributed by atoms with Crippen molar-refractivity contribution in [1.82, 2.24) is 0 Å². The van der Waals surface area contributed by atoms with E-state index in [1.165, 1.54) is 0 Å². The molecule has 0 saturated carbocycles. The molecule has 1 amide bonds. The van der Waals surface area contributed by atoms with Crippen LogP contribution >= 0.6 is 34.8 Å². The molecule has 0 aliphatic rings. The maximum absolute atomic E-state index is 11.8. The number of halogens is 3. The molecule has 0 bridgehead atoms. The topological polar surface area (TPSA) is 53.5 Å². The molecule has 2 rings (SSSR count). The van der Waals surface area contributed by atoms with Gasteiger partial charge in [-0.1, -0.05) is 46.9 Å². The van der Waals surface area contributed by atoms with Crippen LogP contribution in [0.4, 0.5) is 11.4 Å². The minimum atomic E-state index is -0.564. The number of amides is 1. The zero-order valence-electron chi connectivity index (χ0n) is 10.6. The maximum atomic E-state index is 11.8. The summed E-state index contributed by atoms with van der Waals surface area (Å²) in [5, 5.41) is 7.12. The molecule has 0 aromatic heterocycles. The van der Waals surface area contributed by atoms with E-state index in [2.05, 4.69) is 15.8 Å². The van der Waals surface area contributed by atoms with E-state index in [9.17, 15) is 4.79 Å². The van der Waals surface area contributed by atoms with Crippen LogP contribution in [0.2, 0.25) is 10.0 Å². The van der Waals surface area contributed by atoms with Crippen LogP contribution < -0.4 is 10.7 Å². The SMILES string of the molecule is O=C(Nc1ccccc1Cl)/C(Cl)=N/Nc1ccc(Cl)cc1. The molecule has 2 aromatic rings. The fourth-order valence-corrected chi connectivity index (χ4v) is 1.82. The lowest BCUT2D eigenvalue weighted by Gasteiger charge is -2.06. The van der Waals surface area contributed by atoms with Crippen molar-refractivity contribution in [1.29, 1.82) is 0 Å². The summed E-state index contributed by atoms with van der Waals surface area (Å²) in [6, 6.07) is 13.6. The van der Waals surface area contributed by atoms with Crippen molar-refractivity contribution < 1.29 is 4.79 Å². The van der Waals surface area contributed by atoms with Gasteiger partial charge in [0.05, 0.1) is 16.4 Å². The van der Waals surface area contributed by atoms with Crippen molar-refractivity contribution in [2.24, 2.45) is 5.10 Å². The number of hydrogen-bond donors (Lipinski definition) is 2. The Balaban J connectivity index is 2.00. The van der Waals surface area contributed by atoms with Crippen LogP contribution in [0.5, 0.6) is 0 Å². The van der Waals surface area contributed by atoms with Gasteiger partial charge in [0.2, 0.25) is 5.17 Å². The van der Waals surface area contributed by atoms with Gasteiger partial charge < -0.3 is 5.32 Å². The third-order valence-corrected chi connectivity index (χ3v) is 3.27. The van der Waals surface area contributed by atoms with Crippen molar-refractivity contribution in [2.75, 3.05) is 10.7 Å². The molecule has 0 fully saturated rings. The molecule has 2 aromatic carbocycles. The number of carbonyl (C=O) groups excluding carboxylic acids is 1. The number of hydrogen-bond acceptors (Lipinski definition) is 3. The zero-order valence-corrected chi connectivity index (χ0v) is 12.9. The van der Waals surface area contributed by atoms with Crippen LogP contribution in [0.25, 0.3) is 0 Å².